The van der Waals surface area contributed by atoms with Crippen molar-refractivity contribution >= 4 is 16.8 Å². The lowest BCUT2D eigenvalue weighted by molar-refractivity contribution is -0.121. The molecule has 3 aromatic carbocycles. The van der Waals surface area contributed by atoms with Crippen molar-refractivity contribution < 1.29 is 4.79 Å². The third kappa shape index (κ3) is 7.14. The number of nitrogens with one attached hydrogen (secondary N) is 1. The Balaban J connectivity index is 1.57. The number of nitrogens with zero attached hydrogens (tertiary/aromatic N) is 2. The van der Waals surface area contributed by atoms with E-state index < -0.39 is 0 Å². The Morgan fingerprint density at radius 2 is 1.61 bits per heavy atom. The van der Waals surface area contributed by atoms with E-state index in [-0.39, 0.29) is 17.9 Å². The molecule has 0 aliphatic heterocycles. The van der Waals surface area contributed by atoms with Gasteiger partial charge in [-0.3, -0.25) is 4.79 Å². The number of carbonyl (C=O) groups excluding carboxylic acids is 1. The second-order valence-electron chi connectivity index (χ2n) is 10.5. The molecule has 0 unspecified atom stereocenters. The molecule has 0 spiro atoms. The fourth-order valence-electron chi connectivity index (χ4n) is 5.42. The van der Waals surface area contributed by atoms with Gasteiger partial charge in [0.1, 0.15) is 0 Å². The maximum absolute atomic E-state index is 13.4. The van der Waals surface area contributed by atoms with Crippen LogP contribution in [-0.2, 0) is 11.3 Å². The summed E-state index contributed by atoms with van der Waals surface area (Å²) in [5.74, 6) is 0.103. The zero-order chi connectivity index (χ0) is 26.9. The SMILES string of the molecule is CCN(CC)CCC[C@@H](C)NC(=O)C[C@@H](c1ccc(C)cc1)c1cn(Cc2ccccc2)c2ccccc12. The molecule has 4 nitrogen and oxygen atoms in total. The summed E-state index contributed by atoms with van der Waals surface area (Å²) in [5, 5.41) is 4.52. The summed E-state index contributed by atoms with van der Waals surface area (Å²) in [6, 6.07) is 28.0. The molecule has 1 N–H and O–H groups in total. The van der Waals surface area contributed by atoms with E-state index in [1.54, 1.807) is 0 Å². The maximum Gasteiger partial charge on any atom is 0.221 e. The van der Waals surface area contributed by atoms with Gasteiger partial charge in [-0.15, -0.1) is 0 Å². The first-order valence-corrected chi connectivity index (χ1v) is 14.2. The summed E-state index contributed by atoms with van der Waals surface area (Å²) in [6.45, 7) is 12.7. The summed E-state index contributed by atoms with van der Waals surface area (Å²) in [5.41, 5.74) is 6.09. The zero-order valence-electron chi connectivity index (χ0n) is 23.5. The van der Waals surface area contributed by atoms with Gasteiger partial charge in [-0.1, -0.05) is 92.2 Å². The molecule has 4 heteroatoms. The van der Waals surface area contributed by atoms with Gasteiger partial charge in [-0.25, -0.2) is 0 Å². The molecule has 4 aromatic rings. The van der Waals surface area contributed by atoms with Crippen LogP contribution in [0, 0.1) is 6.92 Å². The average Bonchev–Trinajstić information content (AvgIpc) is 3.29. The lowest BCUT2D eigenvalue weighted by Crippen LogP contribution is -2.34. The number of carbonyl (C=O) groups is 1. The number of hydrogen-bond donors (Lipinski definition) is 1. The van der Waals surface area contributed by atoms with Crippen LogP contribution >= 0.6 is 0 Å². The van der Waals surface area contributed by atoms with Crippen LogP contribution in [0.1, 0.15) is 68.2 Å². The second-order valence-corrected chi connectivity index (χ2v) is 10.5. The molecule has 200 valence electrons. The van der Waals surface area contributed by atoms with E-state index in [0.29, 0.717) is 6.42 Å². The molecule has 0 radical (unpaired) electrons. The fraction of sp³-hybridized carbons (Fsp3) is 0.382. The monoisotopic (exact) mass is 509 g/mol. The predicted molar refractivity (Wildman–Crippen MR) is 160 cm³/mol. The highest BCUT2D eigenvalue weighted by molar-refractivity contribution is 5.87. The van der Waals surface area contributed by atoms with Crippen molar-refractivity contribution in [1.29, 1.82) is 0 Å². The van der Waals surface area contributed by atoms with Gasteiger partial charge < -0.3 is 14.8 Å². The Bertz CT molecular complexity index is 1290. The minimum Gasteiger partial charge on any atom is -0.354 e. The van der Waals surface area contributed by atoms with Gasteiger partial charge in [0.2, 0.25) is 5.91 Å². The van der Waals surface area contributed by atoms with Gasteiger partial charge in [-0.05, 0) is 69.1 Å². The van der Waals surface area contributed by atoms with Gasteiger partial charge in [0.25, 0.3) is 0 Å². The van der Waals surface area contributed by atoms with Crippen molar-refractivity contribution in [1.82, 2.24) is 14.8 Å². The van der Waals surface area contributed by atoms with Gasteiger partial charge >= 0.3 is 0 Å². The molecular formula is C34H43N3O. The van der Waals surface area contributed by atoms with Gasteiger partial charge in [0.05, 0.1) is 0 Å². The van der Waals surface area contributed by atoms with E-state index in [2.05, 4.69) is 128 Å². The highest BCUT2D eigenvalue weighted by Gasteiger charge is 2.23. The first kappa shape index (κ1) is 27.7. The summed E-state index contributed by atoms with van der Waals surface area (Å²) >= 11 is 0. The van der Waals surface area contributed by atoms with Gasteiger partial charge in [0, 0.05) is 42.0 Å². The molecule has 1 heterocycles. The first-order valence-electron chi connectivity index (χ1n) is 14.2. The number of rotatable bonds is 13. The maximum atomic E-state index is 13.4. The third-order valence-electron chi connectivity index (χ3n) is 7.67. The molecule has 38 heavy (non-hydrogen) atoms. The summed E-state index contributed by atoms with van der Waals surface area (Å²) in [4.78, 5) is 15.8. The number of benzene rings is 3. The molecular weight excluding hydrogens is 466 g/mol. The first-order chi connectivity index (χ1) is 18.5. The van der Waals surface area contributed by atoms with Crippen LogP contribution in [0.4, 0.5) is 0 Å². The smallest absolute Gasteiger partial charge is 0.221 e. The molecule has 1 aromatic heterocycles. The van der Waals surface area contributed by atoms with Gasteiger partial charge in [-0.2, -0.15) is 0 Å². The van der Waals surface area contributed by atoms with E-state index in [0.717, 1.165) is 39.0 Å². The van der Waals surface area contributed by atoms with Crippen molar-refractivity contribution in [2.45, 2.75) is 65.5 Å². The molecule has 1 amide bonds. The Hall–Kier alpha value is -3.37. The van der Waals surface area contributed by atoms with Crippen molar-refractivity contribution in [2.75, 3.05) is 19.6 Å². The summed E-state index contributed by atoms with van der Waals surface area (Å²) < 4.78 is 2.33. The normalized spacial score (nSPS) is 13.1. The standard InChI is InChI=1S/C34H43N3O/c1-5-36(6-2)22-12-13-27(4)35-34(38)23-31(29-20-18-26(3)19-21-29)32-25-37(24-28-14-8-7-9-15-28)33-17-11-10-16-30(32)33/h7-11,14-21,25,27,31H,5-6,12-13,22-24H2,1-4H3,(H,35,38)/t27-,31+/m1/s1. The van der Waals surface area contributed by atoms with Crippen molar-refractivity contribution in [3.8, 4) is 0 Å². The van der Waals surface area contributed by atoms with Crippen molar-refractivity contribution in [3.05, 3.63) is 107 Å². The number of hydrogen-bond acceptors (Lipinski definition) is 2. The van der Waals surface area contributed by atoms with Crippen LogP contribution in [0.3, 0.4) is 0 Å². The van der Waals surface area contributed by atoms with Crippen molar-refractivity contribution in [3.63, 3.8) is 0 Å². The second kappa shape index (κ2) is 13.4. The highest BCUT2D eigenvalue weighted by Crippen LogP contribution is 2.35. The minimum absolute atomic E-state index is 0.0135. The number of amides is 1. The predicted octanol–water partition coefficient (Wildman–Crippen LogP) is 7.15. The minimum atomic E-state index is -0.0135. The van der Waals surface area contributed by atoms with E-state index >= 15 is 0 Å². The van der Waals surface area contributed by atoms with E-state index in [9.17, 15) is 4.79 Å². The molecule has 0 aliphatic rings. The Morgan fingerprint density at radius 1 is 0.921 bits per heavy atom. The Labute approximate surface area is 228 Å². The molecule has 0 saturated heterocycles. The molecule has 0 aliphatic carbocycles. The van der Waals surface area contributed by atoms with Crippen molar-refractivity contribution in [2.24, 2.45) is 0 Å². The zero-order valence-corrected chi connectivity index (χ0v) is 23.5. The average molecular weight is 510 g/mol. The number of aryl methyl sites for hydroxylation is 1. The van der Waals surface area contributed by atoms with Crippen LogP contribution in [0.25, 0.3) is 10.9 Å². The van der Waals surface area contributed by atoms with Crippen LogP contribution in [-0.4, -0.2) is 41.1 Å². The topological polar surface area (TPSA) is 37.3 Å². The lowest BCUT2D eigenvalue weighted by atomic mass is 9.87. The van der Waals surface area contributed by atoms with Crippen LogP contribution in [0.2, 0.25) is 0 Å². The third-order valence-corrected chi connectivity index (χ3v) is 7.67. The molecule has 0 fully saturated rings. The number of fused-ring (bicyclic) bond motifs is 1. The van der Waals surface area contributed by atoms with Crippen LogP contribution in [0.15, 0.2) is 85.1 Å². The summed E-state index contributed by atoms with van der Waals surface area (Å²) in [6.07, 6.45) is 4.79. The quantitative estimate of drug-likeness (QED) is 0.208. The number of aromatic nitrogens is 1. The lowest BCUT2D eigenvalue weighted by Gasteiger charge is -2.21. The molecule has 0 bridgehead atoms. The highest BCUT2D eigenvalue weighted by atomic mass is 16.1. The van der Waals surface area contributed by atoms with Gasteiger partial charge in [0.15, 0.2) is 0 Å². The number of para-hydroxylation sites is 1. The van der Waals surface area contributed by atoms with Crippen LogP contribution in [0.5, 0.6) is 0 Å². The fourth-order valence-corrected chi connectivity index (χ4v) is 5.42. The van der Waals surface area contributed by atoms with Crippen LogP contribution < -0.4 is 5.32 Å². The molecule has 4 rings (SSSR count). The van der Waals surface area contributed by atoms with E-state index in [1.807, 2.05) is 0 Å². The Morgan fingerprint density at radius 3 is 2.32 bits per heavy atom. The molecule has 0 saturated carbocycles. The Kier molecular flexibility index (Phi) is 9.78. The molecule has 2 atom stereocenters. The van der Waals surface area contributed by atoms with E-state index in [1.165, 1.54) is 33.2 Å². The summed E-state index contributed by atoms with van der Waals surface area (Å²) in [7, 11) is 0. The van der Waals surface area contributed by atoms with E-state index in [4.69, 9.17) is 0 Å². The largest absolute Gasteiger partial charge is 0.354 e.